The fraction of sp³-hybridized carbons (Fsp3) is 0.333. The molecule has 0 fully saturated rings. The molecule has 2 N–H and O–H groups in total. The molecule has 0 aromatic heterocycles. The van der Waals surface area contributed by atoms with E-state index in [1.807, 2.05) is 0 Å². The summed E-state index contributed by atoms with van der Waals surface area (Å²) in [5, 5.41) is 12.7. The smallest absolute Gasteiger partial charge is 0.0211 e. The molecule has 4 aromatic rings. The van der Waals surface area contributed by atoms with Crippen LogP contribution in [0.3, 0.4) is 0 Å². The van der Waals surface area contributed by atoms with E-state index in [-0.39, 0.29) is 0 Å². The van der Waals surface area contributed by atoms with Crippen molar-refractivity contribution >= 4 is 21.5 Å². The predicted molar refractivity (Wildman–Crippen MR) is 139 cm³/mol. The molecule has 0 aliphatic carbocycles. The molecule has 0 atom stereocenters. The minimum Gasteiger partial charge on any atom is -0.313 e. The lowest BCUT2D eigenvalue weighted by Crippen LogP contribution is -2.15. The molecule has 166 valence electrons. The van der Waals surface area contributed by atoms with Crippen molar-refractivity contribution in [3.63, 3.8) is 0 Å². The fourth-order valence-corrected chi connectivity index (χ4v) is 4.55. The number of hydrogen-bond acceptors (Lipinski definition) is 2. The Balaban J connectivity index is 1.02. The van der Waals surface area contributed by atoms with Crippen LogP contribution >= 0.6 is 0 Å². The molecule has 0 saturated heterocycles. The maximum Gasteiger partial charge on any atom is 0.0211 e. The van der Waals surface area contributed by atoms with Crippen LogP contribution in [0.25, 0.3) is 21.5 Å². The van der Waals surface area contributed by atoms with Crippen LogP contribution in [-0.2, 0) is 13.1 Å². The summed E-state index contributed by atoms with van der Waals surface area (Å²) in [6, 6.07) is 30.5. The second-order valence-corrected chi connectivity index (χ2v) is 8.75. The molecule has 32 heavy (non-hydrogen) atoms. The molecule has 0 spiro atoms. The standard InChI is InChI=1S/C30H36N2/c1(3-9-21-31-23-27-17-11-15-25-13-5-7-19-29(25)27)2-4-10-22-32-24-28-18-12-16-26-14-6-8-20-30(26)28/h5-8,11-20,31-32H,1-4,9-10,21-24H2. The van der Waals surface area contributed by atoms with E-state index in [4.69, 9.17) is 0 Å². The highest BCUT2D eigenvalue weighted by atomic mass is 14.8. The largest absolute Gasteiger partial charge is 0.313 e. The molecule has 2 nitrogen and oxygen atoms in total. The first-order valence-corrected chi connectivity index (χ1v) is 12.3. The van der Waals surface area contributed by atoms with Crippen LogP contribution in [0.5, 0.6) is 0 Å². The van der Waals surface area contributed by atoms with Crippen LogP contribution in [0, 0.1) is 0 Å². The monoisotopic (exact) mass is 424 g/mol. The average Bonchev–Trinajstić information content (AvgIpc) is 2.85. The van der Waals surface area contributed by atoms with Gasteiger partial charge in [-0.05, 0) is 58.6 Å². The Hall–Kier alpha value is -2.68. The summed E-state index contributed by atoms with van der Waals surface area (Å²) in [5.74, 6) is 0. The van der Waals surface area contributed by atoms with Crippen molar-refractivity contribution in [2.24, 2.45) is 0 Å². The van der Waals surface area contributed by atoms with Gasteiger partial charge in [-0.1, -0.05) is 111 Å². The van der Waals surface area contributed by atoms with Gasteiger partial charge in [-0.15, -0.1) is 0 Å². The van der Waals surface area contributed by atoms with Crippen molar-refractivity contribution < 1.29 is 0 Å². The lowest BCUT2D eigenvalue weighted by atomic mass is 10.0. The lowest BCUT2D eigenvalue weighted by molar-refractivity contribution is 0.550. The van der Waals surface area contributed by atoms with Gasteiger partial charge in [0, 0.05) is 13.1 Å². The predicted octanol–water partition coefficient (Wildman–Crippen LogP) is 7.21. The van der Waals surface area contributed by atoms with Crippen LogP contribution in [-0.4, -0.2) is 13.1 Å². The van der Waals surface area contributed by atoms with Crippen molar-refractivity contribution in [3.05, 3.63) is 96.1 Å². The van der Waals surface area contributed by atoms with Gasteiger partial charge < -0.3 is 10.6 Å². The number of hydrogen-bond donors (Lipinski definition) is 2. The third kappa shape index (κ3) is 6.41. The Morgan fingerprint density at radius 1 is 0.406 bits per heavy atom. The Morgan fingerprint density at radius 2 is 0.812 bits per heavy atom. The Labute approximate surface area is 193 Å². The van der Waals surface area contributed by atoms with Crippen LogP contribution in [0.2, 0.25) is 0 Å². The molecule has 4 rings (SSSR count). The maximum atomic E-state index is 3.63. The SMILES string of the molecule is c1ccc2c(CNCCCCCCCCNCc3cccc4ccccc34)cccc2c1. The fourth-order valence-electron chi connectivity index (χ4n) is 4.55. The van der Waals surface area contributed by atoms with Gasteiger partial charge in [0.15, 0.2) is 0 Å². The molecule has 2 heteroatoms. The van der Waals surface area contributed by atoms with Gasteiger partial charge in [-0.2, -0.15) is 0 Å². The first kappa shape index (κ1) is 22.5. The van der Waals surface area contributed by atoms with Crippen molar-refractivity contribution in [1.29, 1.82) is 0 Å². The highest BCUT2D eigenvalue weighted by molar-refractivity contribution is 5.86. The lowest BCUT2D eigenvalue weighted by Gasteiger charge is -2.09. The van der Waals surface area contributed by atoms with Crippen molar-refractivity contribution in [2.45, 2.75) is 51.6 Å². The van der Waals surface area contributed by atoms with Crippen LogP contribution in [0.15, 0.2) is 84.9 Å². The minimum atomic E-state index is 0.962. The quantitative estimate of drug-likeness (QED) is 0.222. The summed E-state index contributed by atoms with van der Waals surface area (Å²) in [5.41, 5.74) is 2.80. The molecular weight excluding hydrogens is 388 g/mol. The van der Waals surface area contributed by atoms with Crippen molar-refractivity contribution in [3.8, 4) is 0 Å². The molecule has 4 aromatic carbocycles. The molecule has 0 unspecified atom stereocenters. The second kappa shape index (κ2) is 12.4. The Kier molecular flexibility index (Phi) is 8.71. The first-order chi connectivity index (χ1) is 15.9. The van der Waals surface area contributed by atoms with E-state index < -0.39 is 0 Å². The zero-order valence-electron chi connectivity index (χ0n) is 19.2. The molecule has 0 aliphatic heterocycles. The van der Waals surface area contributed by atoms with Gasteiger partial charge in [0.05, 0.1) is 0 Å². The van der Waals surface area contributed by atoms with Gasteiger partial charge in [0.1, 0.15) is 0 Å². The highest BCUT2D eigenvalue weighted by Gasteiger charge is 2.01. The third-order valence-electron chi connectivity index (χ3n) is 6.35. The maximum absolute atomic E-state index is 3.63. The van der Waals surface area contributed by atoms with Gasteiger partial charge in [-0.3, -0.25) is 0 Å². The second-order valence-electron chi connectivity index (χ2n) is 8.75. The van der Waals surface area contributed by atoms with E-state index in [2.05, 4.69) is 95.6 Å². The van der Waals surface area contributed by atoms with Crippen LogP contribution < -0.4 is 10.6 Å². The van der Waals surface area contributed by atoms with Crippen molar-refractivity contribution in [1.82, 2.24) is 10.6 Å². The normalized spacial score (nSPS) is 11.4. The van der Waals surface area contributed by atoms with E-state index in [1.54, 1.807) is 0 Å². The number of rotatable bonds is 13. The van der Waals surface area contributed by atoms with E-state index in [1.165, 1.54) is 71.2 Å². The van der Waals surface area contributed by atoms with Gasteiger partial charge >= 0.3 is 0 Å². The minimum absolute atomic E-state index is 0.962. The summed E-state index contributed by atoms with van der Waals surface area (Å²) < 4.78 is 0. The third-order valence-corrected chi connectivity index (χ3v) is 6.35. The summed E-state index contributed by atoms with van der Waals surface area (Å²) in [6.45, 7) is 4.14. The first-order valence-electron chi connectivity index (χ1n) is 12.3. The summed E-state index contributed by atoms with van der Waals surface area (Å²) in [4.78, 5) is 0. The molecular formula is C30H36N2. The van der Waals surface area contributed by atoms with E-state index in [9.17, 15) is 0 Å². The molecule has 0 heterocycles. The molecule has 0 amide bonds. The average molecular weight is 425 g/mol. The van der Waals surface area contributed by atoms with Gasteiger partial charge in [0.25, 0.3) is 0 Å². The Morgan fingerprint density at radius 3 is 1.31 bits per heavy atom. The molecule has 0 aliphatic rings. The topological polar surface area (TPSA) is 24.1 Å². The summed E-state index contributed by atoms with van der Waals surface area (Å²) in [7, 11) is 0. The van der Waals surface area contributed by atoms with Gasteiger partial charge in [-0.25, -0.2) is 0 Å². The van der Waals surface area contributed by atoms with E-state index >= 15 is 0 Å². The van der Waals surface area contributed by atoms with E-state index in [0.29, 0.717) is 0 Å². The highest BCUT2D eigenvalue weighted by Crippen LogP contribution is 2.19. The summed E-state index contributed by atoms with van der Waals surface area (Å²) in [6.07, 6.45) is 7.88. The zero-order chi connectivity index (χ0) is 21.8. The number of nitrogens with one attached hydrogen (secondary N) is 2. The van der Waals surface area contributed by atoms with E-state index in [0.717, 1.165) is 26.2 Å². The van der Waals surface area contributed by atoms with Crippen LogP contribution in [0.1, 0.15) is 49.7 Å². The summed E-state index contributed by atoms with van der Waals surface area (Å²) >= 11 is 0. The zero-order valence-corrected chi connectivity index (χ0v) is 19.2. The number of fused-ring (bicyclic) bond motifs is 2. The Bertz CT molecular complexity index is 1000. The van der Waals surface area contributed by atoms with Gasteiger partial charge in [0.2, 0.25) is 0 Å². The van der Waals surface area contributed by atoms with Crippen molar-refractivity contribution in [2.75, 3.05) is 13.1 Å². The van der Waals surface area contributed by atoms with Crippen LogP contribution in [0.4, 0.5) is 0 Å². The molecule has 0 radical (unpaired) electrons. The number of benzene rings is 4. The molecule has 0 saturated carbocycles. The molecule has 0 bridgehead atoms. The number of unbranched alkanes of at least 4 members (excludes halogenated alkanes) is 5.